The van der Waals surface area contributed by atoms with Gasteiger partial charge in [-0.15, -0.1) is 0 Å². The molecule has 1 unspecified atom stereocenters. The molecule has 1 aromatic heterocycles. The van der Waals surface area contributed by atoms with Crippen LogP contribution < -0.4 is 5.32 Å². The van der Waals surface area contributed by atoms with Crippen molar-refractivity contribution >= 4 is 22.8 Å². The van der Waals surface area contributed by atoms with Crippen molar-refractivity contribution in [3.05, 3.63) is 30.0 Å². The molecule has 0 aliphatic carbocycles. The molecule has 2 N–H and O–H groups in total. The predicted octanol–water partition coefficient (Wildman–Crippen LogP) is 3.10. The Morgan fingerprint density at radius 2 is 1.86 bits per heavy atom. The Labute approximate surface area is 124 Å². The molecule has 1 heterocycles. The van der Waals surface area contributed by atoms with Gasteiger partial charge in [-0.3, -0.25) is 4.79 Å². The van der Waals surface area contributed by atoms with Gasteiger partial charge in [-0.1, -0.05) is 26.0 Å². The van der Waals surface area contributed by atoms with E-state index in [2.05, 4.69) is 15.3 Å². The second-order valence-corrected chi connectivity index (χ2v) is 5.69. The van der Waals surface area contributed by atoms with Crippen molar-refractivity contribution in [2.24, 2.45) is 11.8 Å². The summed E-state index contributed by atoms with van der Waals surface area (Å²) in [6, 6.07) is 7.65. The molecule has 0 saturated heterocycles. The first-order chi connectivity index (χ1) is 9.97. The van der Waals surface area contributed by atoms with E-state index < -0.39 is 11.9 Å². The second-order valence-electron chi connectivity index (χ2n) is 5.69. The monoisotopic (exact) mass is 287 g/mol. The number of aliphatic carboxylic acids is 1. The van der Waals surface area contributed by atoms with E-state index in [9.17, 15) is 9.90 Å². The number of para-hydroxylation sites is 2. The number of carbonyl (C=O) groups is 1. The maximum absolute atomic E-state index is 11.3. The highest BCUT2D eigenvalue weighted by Gasteiger charge is 2.19. The summed E-state index contributed by atoms with van der Waals surface area (Å²) >= 11 is 0. The molecule has 0 fully saturated rings. The lowest BCUT2D eigenvalue weighted by Gasteiger charge is -2.16. The lowest BCUT2D eigenvalue weighted by Crippen LogP contribution is -2.25. The van der Waals surface area contributed by atoms with Crippen LogP contribution in [-0.4, -0.2) is 27.6 Å². The molecule has 112 valence electrons. The van der Waals surface area contributed by atoms with Crippen LogP contribution in [0.25, 0.3) is 11.0 Å². The molecule has 5 heteroatoms. The highest BCUT2D eigenvalue weighted by Crippen LogP contribution is 2.18. The third-order valence-electron chi connectivity index (χ3n) is 3.37. The summed E-state index contributed by atoms with van der Waals surface area (Å²) in [6.07, 6.45) is 0.641. The van der Waals surface area contributed by atoms with Crippen LogP contribution in [0.4, 0.5) is 5.82 Å². The fourth-order valence-corrected chi connectivity index (χ4v) is 2.32. The quantitative estimate of drug-likeness (QED) is 0.854. The molecule has 0 radical (unpaired) electrons. The Morgan fingerprint density at radius 1 is 1.24 bits per heavy atom. The van der Waals surface area contributed by atoms with Gasteiger partial charge in [0.2, 0.25) is 0 Å². The van der Waals surface area contributed by atoms with E-state index in [4.69, 9.17) is 0 Å². The fraction of sp³-hybridized carbons (Fsp3) is 0.438. The molecule has 1 aromatic carbocycles. The molecular weight excluding hydrogens is 266 g/mol. The highest BCUT2D eigenvalue weighted by molar-refractivity contribution is 5.76. The summed E-state index contributed by atoms with van der Waals surface area (Å²) < 4.78 is 0. The van der Waals surface area contributed by atoms with Gasteiger partial charge in [0.1, 0.15) is 5.82 Å². The lowest BCUT2D eigenvalue weighted by molar-refractivity contribution is -0.141. The second kappa shape index (κ2) is 6.52. The van der Waals surface area contributed by atoms with Crippen LogP contribution in [-0.2, 0) is 4.79 Å². The Kier molecular flexibility index (Phi) is 4.73. The van der Waals surface area contributed by atoms with Crippen LogP contribution in [0.15, 0.2) is 24.3 Å². The Morgan fingerprint density at radius 3 is 2.43 bits per heavy atom. The number of benzene rings is 1. The normalized spacial score (nSPS) is 12.6. The number of carboxylic acid groups (broad SMARTS) is 1. The SMILES string of the molecule is Cc1nc2ccccc2nc1NCC(CC(C)C)C(=O)O. The van der Waals surface area contributed by atoms with E-state index in [-0.39, 0.29) is 0 Å². The van der Waals surface area contributed by atoms with Gasteiger partial charge in [-0.2, -0.15) is 0 Å². The topological polar surface area (TPSA) is 75.1 Å². The third kappa shape index (κ3) is 3.90. The van der Waals surface area contributed by atoms with Gasteiger partial charge < -0.3 is 10.4 Å². The third-order valence-corrected chi connectivity index (χ3v) is 3.37. The maximum Gasteiger partial charge on any atom is 0.308 e. The lowest BCUT2D eigenvalue weighted by atomic mass is 9.97. The van der Waals surface area contributed by atoms with Gasteiger partial charge in [0, 0.05) is 6.54 Å². The molecule has 0 aliphatic heterocycles. The van der Waals surface area contributed by atoms with E-state index >= 15 is 0 Å². The summed E-state index contributed by atoms with van der Waals surface area (Å²) in [4.78, 5) is 20.3. The number of aromatic nitrogens is 2. The molecular formula is C16H21N3O2. The average Bonchev–Trinajstić information content (AvgIpc) is 2.42. The van der Waals surface area contributed by atoms with Gasteiger partial charge in [0.15, 0.2) is 0 Å². The van der Waals surface area contributed by atoms with Crippen LogP contribution >= 0.6 is 0 Å². The van der Waals surface area contributed by atoms with E-state index in [1.807, 2.05) is 45.0 Å². The van der Waals surface area contributed by atoms with Crippen molar-refractivity contribution in [3.8, 4) is 0 Å². The largest absolute Gasteiger partial charge is 0.481 e. The zero-order chi connectivity index (χ0) is 15.4. The summed E-state index contributed by atoms with van der Waals surface area (Å²) in [5.74, 6) is -0.194. The predicted molar refractivity (Wildman–Crippen MR) is 83.3 cm³/mol. The molecule has 21 heavy (non-hydrogen) atoms. The van der Waals surface area contributed by atoms with Crippen LogP contribution in [0.2, 0.25) is 0 Å². The van der Waals surface area contributed by atoms with E-state index in [0.29, 0.717) is 24.7 Å². The van der Waals surface area contributed by atoms with Crippen molar-refractivity contribution in [1.82, 2.24) is 9.97 Å². The van der Waals surface area contributed by atoms with Crippen molar-refractivity contribution < 1.29 is 9.90 Å². The zero-order valence-electron chi connectivity index (χ0n) is 12.6. The molecule has 5 nitrogen and oxygen atoms in total. The summed E-state index contributed by atoms with van der Waals surface area (Å²) in [6.45, 7) is 6.29. The van der Waals surface area contributed by atoms with Gasteiger partial charge in [0.05, 0.1) is 22.6 Å². The van der Waals surface area contributed by atoms with Crippen LogP contribution in [0.5, 0.6) is 0 Å². The number of carboxylic acids is 1. The molecule has 2 rings (SSSR count). The standard InChI is InChI=1S/C16H21N3O2/c1-10(2)8-12(16(20)21)9-17-15-11(3)18-13-6-4-5-7-14(13)19-15/h4-7,10,12H,8-9H2,1-3H3,(H,17,19)(H,20,21). The first-order valence-electron chi connectivity index (χ1n) is 7.17. The first kappa shape index (κ1) is 15.2. The minimum atomic E-state index is -0.775. The minimum absolute atomic E-state index is 0.344. The van der Waals surface area contributed by atoms with Crippen molar-refractivity contribution in [2.45, 2.75) is 27.2 Å². The summed E-state index contributed by atoms with van der Waals surface area (Å²) in [5, 5.41) is 12.4. The molecule has 0 amide bonds. The molecule has 1 atom stereocenters. The van der Waals surface area contributed by atoms with Gasteiger partial charge in [-0.05, 0) is 31.4 Å². The smallest absolute Gasteiger partial charge is 0.308 e. The number of nitrogens with zero attached hydrogens (tertiary/aromatic N) is 2. The number of rotatable bonds is 6. The van der Waals surface area contributed by atoms with Crippen LogP contribution in [0, 0.1) is 18.8 Å². The summed E-state index contributed by atoms with van der Waals surface area (Å²) in [7, 11) is 0. The fourth-order valence-electron chi connectivity index (χ4n) is 2.32. The van der Waals surface area contributed by atoms with Crippen LogP contribution in [0.1, 0.15) is 26.0 Å². The molecule has 2 aromatic rings. The highest BCUT2D eigenvalue weighted by atomic mass is 16.4. The minimum Gasteiger partial charge on any atom is -0.481 e. The van der Waals surface area contributed by atoms with Gasteiger partial charge in [0.25, 0.3) is 0 Å². The first-order valence-corrected chi connectivity index (χ1v) is 7.17. The van der Waals surface area contributed by atoms with Crippen molar-refractivity contribution in [2.75, 3.05) is 11.9 Å². The molecule has 0 saturated carbocycles. The number of hydrogen-bond acceptors (Lipinski definition) is 4. The number of fused-ring (bicyclic) bond motifs is 1. The molecule has 0 bridgehead atoms. The number of nitrogens with one attached hydrogen (secondary N) is 1. The number of anilines is 1. The van der Waals surface area contributed by atoms with Crippen molar-refractivity contribution in [1.29, 1.82) is 0 Å². The van der Waals surface area contributed by atoms with E-state index in [0.717, 1.165) is 16.7 Å². The average molecular weight is 287 g/mol. The Bertz CT molecular complexity index is 640. The van der Waals surface area contributed by atoms with E-state index in [1.54, 1.807) is 0 Å². The van der Waals surface area contributed by atoms with Crippen molar-refractivity contribution in [3.63, 3.8) is 0 Å². The molecule has 0 spiro atoms. The Hall–Kier alpha value is -2.17. The van der Waals surface area contributed by atoms with Gasteiger partial charge in [-0.25, -0.2) is 9.97 Å². The van der Waals surface area contributed by atoms with Crippen LogP contribution in [0.3, 0.4) is 0 Å². The van der Waals surface area contributed by atoms with Gasteiger partial charge >= 0.3 is 5.97 Å². The summed E-state index contributed by atoms with van der Waals surface area (Å²) in [5.41, 5.74) is 2.43. The Balaban J connectivity index is 2.15. The number of aryl methyl sites for hydroxylation is 1. The number of hydrogen-bond donors (Lipinski definition) is 2. The maximum atomic E-state index is 11.3. The zero-order valence-corrected chi connectivity index (χ0v) is 12.6. The van der Waals surface area contributed by atoms with E-state index in [1.165, 1.54) is 0 Å². The molecule has 0 aliphatic rings.